The van der Waals surface area contributed by atoms with Crippen molar-refractivity contribution in [3.63, 3.8) is 0 Å². The van der Waals surface area contributed by atoms with Crippen LogP contribution in [-0.2, 0) is 27.1 Å². The van der Waals surface area contributed by atoms with E-state index in [0.29, 0.717) is 17.7 Å². The lowest BCUT2D eigenvalue weighted by Gasteiger charge is -2.52. The van der Waals surface area contributed by atoms with Crippen LogP contribution in [0.3, 0.4) is 0 Å². The van der Waals surface area contributed by atoms with E-state index < -0.39 is 35.0 Å². The van der Waals surface area contributed by atoms with E-state index in [2.05, 4.69) is 0 Å². The number of carbonyl (C=O) groups excluding carboxylic acids is 2. The number of benzene rings is 1. The Balaban J connectivity index is 1.62. The van der Waals surface area contributed by atoms with Gasteiger partial charge >= 0.3 is 12.1 Å². The SMILES string of the molecule is Cc1ccc(C)c(N(C=O)C2C(=O)N3C(C(=O)O)=C(C[n+]4ccc(C(F)(F)F)cc4)CS[C@H]23)c1. The quantitative estimate of drug-likeness (QED) is 0.381. The fourth-order valence-corrected chi connectivity index (χ4v) is 5.54. The Hall–Kier alpha value is -3.34. The van der Waals surface area contributed by atoms with Gasteiger partial charge in [-0.3, -0.25) is 19.4 Å². The average Bonchev–Trinajstić information content (AvgIpc) is 2.78. The Labute approximate surface area is 197 Å². The van der Waals surface area contributed by atoms with Crippen molar-refractivity contribution >= 4 is 35.7 Å². The average molecular weight is 492 g/mol. The third kappa shape index (κ3) is 4.15. The van der Waals surface area contributed by atoms with E-state index in [1.165, 1.54) is 38.5 Å². The molecule has 0 spiro atoms. The summed E-state index contributed by atoms with van der Waals surface area (Å²) in [4.78, 5) is 39.7. The topological polar surface area (TPSA) is 81.8 Å². The lowest BCUT2D eigenvalue weighted by atomic mass is 9.99. The summed E-state index contributed by atoms with van der Waals surface area (Å²) in [7, 11) is 0. The molecule has 2 atom stereocenters. The fourth-order valence-electron chi connectivity index (χ4n) is 4.15. The number of thioether (sulfide) groups is 1. The van der Waals surface area contributed by atoms with Crippen LogP contribution in [-0.4, -0.2) is 45.5 Å². The van der Waals surface area contributed by atoms with Crippen LogP contribution in [0.4, 0.5) is 18.9 Å². The highest BCUT2D eigenvalue weighted by atomic mass is 32.2. The predicted octanol–water partition coefficient (Wildman–Crippen LogP) is 2.90. The standard InChI is InChI=1S/C23H20F3N3O4S/c1-13-3-4-14(2)17(9-13)28(12-30)19-20(31)29-18(22(32)33)15(11-34-21(19)29)10-27-7-5-16(6-8-27)23(24,25)26/h3-9,12,19,21H,10-11H2,1-2H3/p+1/t19?,21-/m1/s1. The summed E-state index contributed by atoms with van der Waals surface area (Å²) >= 11 is 1.32. The highest BCUT2D eigenvalue weighted by molar-refractivity contribution is 8.00. The smallest absolute Gasteiger partial charge is 0.416 e. The first-order chi connectivity index (χ1) is 16.0. The summed E-state index contributed by atoms with van der Waals surface area (Å²) in [6, 6.07) is 6.51. The molecule has 3 heterocycles. The first-order valence-corrected chi connectivity index (χ1v) is 11.3. The minimum atomic E-state index is -4.47. The molecule has 0 aliphatic carbocycles. The molecule has 0 radical (unpaired) electrons. The summed E-state index contributed by atoms with van der Waals surface area (Å²) < 4.78 is 39.9. The van der Waals surface area contributed by atoms with E-state index in [0.717, 1.165) is 23.3 Å². The van der Waals surface area contributed by atoms with Gasteiger partial charge < -0.3 is 5.11 Å². The van der Waals surface area contributed by atoms with Crippen molar-refractivity contribution in [3.05, 3.63) is 70.7 Å². The van der Waals surface area contributed by atoms with Gasteiger partial charge in [-0.1, -0.05) is 12.1 Å². The molecule has 2 aliphatic rings. The van der Waals surface area contributed by atoms with Crippen LogP contribution < -0.4 is 9.47 Å². The lowest BCUT2D eigenvalue weighted by molar-refractivity contribution is -0.689. The number of halogens is 3. The summed E-state index contributed by atoms with van der Waals surface area (Å²) in [5.41, 5.74) is 1.70. The maximum atomic E-state index is 13.1. The second-order valence-electron chi connectivity index (χ2n) is 8.17. The van der Waals surface area contributed by atoms with Gasteiger partial charge in [-0.25, -0.2) is 9.36 Å². The molecule has 1 saturated heterocycles. The molecule has 1 aromatic heterocycles. The monoisotopic (exact) mass is 492 g/mol. The third-order valence-electron chi connectivity index (χ3n) is 5.87. The zero-order valence-corrected chi connectivity index (χ0v) is 19.1. The van der Waals surface area contributed by atoms with Crippen LogP contribution in [0.1, 0.15) is 16.7 Å². The van der Waals surface area contributed by atoms with Gasteiger partial charge in [0.15, 0.2) is 18.9 Å². The zero-order valence-electron chi connectivity index (χ0n) is 18.2. The number of carboxylic acids is 1. The summed E-state index contributed by atoms with van der Waals surface area (Å²) in [5, 5.41) is 9.28. The molecule has 2 amide bonds. The Morgan fingerprint density at radius 3 is 2.53 bits per heavy atom. The number of aromatic nitrogens is 1. The molecule has 2 aromatic rings. The predicted molar refractivity (Wildman–Crippen MR) is 118 cm³/mol. The number of carbonyl (C=O) groups is 3. The van der Waals surface area contributed by atoms with Crippen LogP contribution in [0.2, 0.25) is 0 Å². The van der Waals surface area contributed by atoms with Crippen LogP contribution in [0.5, 0.6) is 0 Å². The number of hydrogen-bond acceptors (Lipinski definition) is 4. The van der Waals surface area contributed by atoms with Crippen molar-refractivity contribution in [2.75, 3.05) is 10.7 Å². The van der Waals surface area contributed by atoms with Crippen LogP contribution in [0.15, 0.2) is 54.0 Å². The maximum Gasteiger partial charge on any atom is 0.416 e. The fraction of sp³-hybridized carbons (Fsp3) is 0.304. The normalized spacial score (nSPS) is 20.0. The number of rotatable bonds is 6. The van der Waals surface area contributed by atoms with Crippen molar-refractivity contribution in [1.82, 2.24) is 4.90 Å². The van der Waals surface area contributed by atoms with Crippen molar-refractivity contribution in [3.8, 4) is 0 Å². The number of alkyl halides is 3. The Bertz CT molecular complexity index is 1200. The summed E-state index contributed by atoms with van der Waals surface area (Å²) in [5.74, 6) is -1.57. The van der Waals surface area contributed by atoms with Crippen molar-refractivity contribution in [1.29, 1.82) is 0 Å². The van der Waals surface area contributed by atoms with E-state index in [9.17, 15) is 32.7 Å². The second kappa shape index (κ2) is 8.79. The van der Waals surface area contributed by atoms with Crippen molar-refractivity contribution < 1.29 is 37.2 Å². The zero-order chi connectivity index (χ0) is 24.8. The maximum absolute atomic E-state index is 13.1. The highest BCUT2D eigenvalue weighted by Gasteiger charge is 2.56. The molecular formula is C23H21F3N3O4S+. The van der Waals surface area contributed by atoms with E-state index >= 15 is 0 Å². The van der Waals surface area contributed by atoms with E-state index in [1.807, 2.05) is 26.0 Å². The number of hydrogen-bond donors (Lipinski definition) is 1. The highest BCUT2D eigenvalue weighted by Crippen LogP contribution is 2.43. The number of aryl methyl sites for hydroxylation is 2. The van der Waals surface area contributed by atoms with Crippen LogP contribution in [0.25, 0.3) is 0 Å². The number of nitrogens with zero attached hydrogens (tertiary/aromatic N) is 3. The first-order valence-electron chi connectivity index (χ1n) is 10.3. The Morgan fingerprint density at radius 2 is 1.94 bits per heavy atom. The van der Waals surface area contributed by atoms with Gasteiger partial charge in [-0.2, -0.15) is 13.2 Å². The van der Waals surface area contributed by atoms with Gasteiger partial charge in [0.2, 0.25) is 6.41 Å². The molecule has 1 aromatic carbocycles. The van der Waals surface area contributed by atoms with E-state index in [1.54, 1.807) is 6.07 Å². The van der Waals surface area contributed by atoms with E-state index in [-0.39, 0.29) is 18.0 Å². The molecule has 1 N–H and O–H groups in total. The van der Waals surface area contributed by atoms with Gasteiger partial charge in [0.05, 0.1) is 5.56 Å². The third-order valence-corrected chi connectivity index (χ3v) is 7.19. The second-order valence-corrected chi connectivity index (χ2v) is 9.28. The number of pyridine rings is 1. The lowest BCUT2D eigenvalue weighted by Crippen LogP contribution is -2.71. The molecule has 4 rings (SSSR count). The van der Waals surface area contributed by atoms with E-state index in [4.69, 9.17) is 0 Å². The number of amides is 2. The minimum Gasteiger partial charge on any atom is -0.477 e. The van der Waals surface area contributed by atoms with Gasteiger partial charge in [0.1, 0.15) is 17.1 Å². The molecule has 1 unspecified atom stereocenters. The number of aliphatic carboxylic acids is 1. The van der Waals surface area contributed by atoms with Gasteiger partial charge in [-0.15, -0.1) is 11.8 Å². The molecule has 0 bridgehead atoms. The van der Waals surface area contributed by atoms with Gasteiger partial charge in [0, 0.05) is 29.1 Å². The van der Waals surface area contributed by atoms with Gasteiger partial charge in [-0.05, 0) is 31.0 Å². The molecule has 178 valence electrons. The number of fused-ring (bicyclic) bond motifs is 1. The molecular weight excluding hydrogens is 471 g/mol. The Morgan fingerprint density at radius 1 is 1.26 bits per heavy atom. The van der Waals surface area contributed by atoms with Gasteiger partial charge in [0.25, 0.3) is 5.91 Å². The number of β-lactam (4-membered cyclic amide) rings is 1. The number of carboxylic acid groups (broad SMARTS) is 1. The van der Waals surface area contributed by atoms with Crippen LogP contribution in [0, 0.1) is 13.8 Å². The van der Waals surface area contributed by atoms with Crippen molar-refractivity contribution in [2.24, 2.45) is 0 Å². The molecule has 7 nitrogen and oxygen atoms in total. The first kappa shape index (κ1) is 23.8. The van der Waals surface area contributed by atoms with Crippen molar-refractivity contribution in [2.45, 2.75) is 38.0 Å². The summed E-state index contributed by atoms with van der Waals surface area (Å²) in [6.07, 6.45) is -1.44. The molecule has 1 fully saturated rings. The Kier molecular flexibility index (Phi) is 6.15. The minimum absolute atomic E-state index is 0.0162. The summed E-state index contributed by atoms with van der Waals surface area (Å²) in [6.45, 7) is 3.71. The largest absolute Gasteiger partial charge is 0.477 e. The molecule has 34 heavy (non-hydrogen) atoms. The molecule has 11 heteroatoms. The van der Waals surface area contributed by atoms with Crippen LogP contribution >= 0.6 is 11.8 Å². The number of anilines is 1. The molecule has 0 saturated carbocycles. The molecule has 2 aliphatic heterocycles.